The molecule has 1 aromatic heterocycles. The van der Waals surface area contributed by atoms with Gasteiger partial charge in [-0.15, -0.1) is 0 Å². The van der Waals surface area contributed by atoms with Crippen LogP contribution in [0.1, 0.15) is 5.82 Å². The maximum Gasteiger partial charge on any atom is 0.334 e. The molecule has 7 heteroatoms. The van der Waals surface area contributed by atoms with Gasteiger partial charge in [-0.05, 0) is 12.1 Å². The quantitative estimate of drug-likeness (QED) is 0.604. The van der Waals surface area contributed by atoms with Crippen LogP contribution in [0.4, 0.5) is 5.69 Å². The summed E-state index contributed by atoms with van der Waals surface area (Å²) in [5.74, 6) is 0.210. The third-order valence-electron chi connectivity index (χ3n) is 2.38. The highest BCUT2D eigenvalue weighted by Crippen LogP contribution is 2.33. The Bertz CT molecular complexity index is 642. The van der Waals surface area contributed by atoms with E-state index in [-0.39, 0.29) is 22.9 Å². The molecule has 0 aliphatic rings. The molecule has 2 rings (SSSR count). The Morgan fingerprint density at radius 2 is 2.33 bits per heavy atom. The van der Waals surface area contributed by atoms with E-state index in [2.05, 4.69) is 4.98 Å². The van der Waals surface area contributed by atoms with Gasteiger partial charge in [0.05, 0.1) is 12.0 Å². The first-order chi connectivity index (χ1) is 8.69. The van der Waals surface area contributed by atoms with Crippen LogP contribution in [-0.2, 0) is 0 Å². The van der Waals surface area contributed by atoms with Crippen LogP contribution in [-0.4, -0.2) is 21.6 Å². The number of aromatic nitrogens is 2. The summed E-state index contributed by atoms with van der Waals surface area (Å²) in [5.41, 5.74) is 0.0444. The summed E-state index contributed by atoms with van der Waals surface area (Å²) in [7, 11) is 1.35. The third kappa shape index (κ3) is 1.76. The molecule has 1 heterocycles. The lowest BCUT2D eigenvalue weighted by Crippen LogP contribution is -2.03. The van der Waals surface area contributed by atoms with Crippen molar-refractivity contribution in [1.29, 1.82) is 5.26 Å². The van der Waals surface area contributed by atoms with Gasteiger partial charge in [0.2, 0.25) is 5.82 Å². The summed E-state index contributed by atoms with van der Waals surface area (Å²) < 4.78 is 6.31. The molecule has 0 unspecified atom stereocenters. The summed E-state index contributed by atoms with van der Waals surface area (Å²) >= 11 is 0. The number of methoxy groups -OCH3 is 1. The third-order valence-corrected chi connectivity index (χ3v) is 2.38. The second-order valence-corrected chi connectivity index (χ2v) is 3.32. The summed E-state index contributed by atoms with van der Waals surface area (Å²) in [6.45, 7) is 0. The zero-order chi connectivity index (χ0) is 13.1. The van der Waals surface area contributed by atoms with E-state index in [1.54, 1.807) is 6.07 Å². The lowest BCUT2D eigenvalue weighted by molar-refractivity contribution is -0.385. The molecule has 0 N–H and O–H groups in total. The highest BCUT2D eigenvalue weighted by atomic mass is 16.6. The van der Waals surface area contributed by atoms with Crippen LogP contribution in [0.3, 0.4) is 0 Å². The molecule has 7 nitrogen and oxygen atoms in total. The second-order valence-electron chi connectivity index (χ2n) is 3.32. The standard InChI is InChI=1S/C11H8N4O3/c1-18-9-4-2-3-8(11(9)15(16)17)14-6-5-13-10(14)7-12/h2-6H,1H3. The number of nitro groups is 1. The summed E-state index contributed by atoms with van der Waals surface area (Å²) in [6, 6.07) is 6.50. The van der Waals surface area contributed by atoms with E-state index in [1.807, 2.05) is 6.07 Å². The molecule has 0 bridgehead atoms. The van der Waals surface area contributed by atoms with Crippen molar-refractivity contribution >= 4 is 5.69 Å². The Morgan fingerprint density at radius 3 is 2.94 bits per heavy atom. The minimum atomic E-state index is -0.546. The molecule has 0 atom stereocenters. The number of nitrogens with zero attached hydrogens (tertiary/aromatic N) is 4. The van der Waals surface area contributed by atoms with Gasteiger partial charge in [-0.1, -0.05) is 6.07 Å². The fraction of sp³-hybridized carbons (Fsp3) is 0.0909. The molecule has 0 amide bonds. The number of hydrogen-bond acceptors (Lipinski definition) is 5. The van der Waals surface area contributed by atoms with Crippen LogP contribution in [0.5, 0.6) is 5.75 Å². The Labute approximate surface area is 102 Å². The molecule has 90 valence electrons. The van der Waals surface area contributed by atoms with Gasteiger partial charge in [0, 0.05) is 12.4 Å². The van der Waals surface area contributed by atoms with E-state index < -0.39 is 4.92 Å². The minimum absolute atomic E-state index is 0.0753. The first kappa shape index (κ1) is 11.6. The number of benzene rings is 1. The Hall–Kier alpha value is -2.88. The Morgan fingerprint density at radius 1 is 1.56 bits per heavy atom. The molecule has 0 aliphatic heterocycles. The molecule has 0 saturated carbocycles. The fourth-order valence-electron chi connectivity index (χ4n) is 1.63. The van der Waals surface area contributed by atoms with E-state index in [4.69, 9.17) is 10.00 Å². The highest BCUT2D eigenvalue weighted by Gasteiger charge is 2.22. The minimum Gasteiger partial charge on any atom is -0.490 e. The average Bonchev–Trinajstić information content (AvgIpc) is 2.85. The largest absolute Gasteiger partial charge is 0.490 e. The summed E-state index contributed by atoms with van der Waals surface area (Å²) in [4.78, 5) is 14.4. The number of imidazole rings is 1. The van der Waals surface area contributed by atoms with Crippen molar-refractivity contribution in [3.05, 3.63) is 46.5 Å². The number of hydrogen-bond donors (Lipinski definition) is 0. The molecule has 0 saturated heterocycles. The van der Waals surface area contributed by atoms with Gasteiger partial charge < -0.3 is 4.74 Å². The highest BCUT2D eigenvalue weighted by molar-refractivity contribution is 5.62. The van der Waals surface area contributed by atoms with Gasteiger partial charge in [-0.3, -0.25) is 14.7 Å². The number of rotatable bonds is 3. The summed E-state index contributed by atoms with van der Waals surface area (Å²) in [6.07, 6.45) is 2.89. The molecule has 0 radical (unpaired) electrons. The lowest BCUT2D eigenvalue weighted by atomic mass is 10.2. The first-order valence-electron chi connectivity index (χ1n) is 4.94. The van der Waals surface area contributed by atoms with Gasteiger partial charge in [0.25, 0.3) is 0 Å². The van der Waals surface area contributed by atoms with Gasteiger partial charge in [-0.25, -0.2) is 4.98 Å². The van der Waals surface area contributed by atoms with Crippen molar-refractivity contribution in [3.63, 3.8) is 0 Å². The van der Waals surface area contributed by atoms with Crippen molar-refractivity contribution in [3.8, 4) is 17.5 Å². The van der Waals surface area contributed by atoms with E-state index >= 15 is 0 Å². The molecule has 0 spiro atoms. The maximum absolute atomic E-state index is 11.1. The fourth-order valence-corrected chi connectivity index (χ4v) is 1.63. The number of para-hydroxylation sites is 1. The number of nitro benzene ring substituents is 1. The summed E-state index contributed by atoms with van der Waals surface area (Å²) in [5, 5.41) is 20.0. The van der Waals surface area contributed by atoms with E-state index in [0.717, 1.165) is 0 Å². The maximum atomic E-state index is 11.1. The second kappa shape index (κ2) is 4.55. The molecular formula is C11H8N4O3. The van der Waals surface area contributed by atoms with Crippen molar-refractivity contribution in [2.45, 2.75) is 0 Å². The van der Waals surface area contributed by atoms with E-state index in [1.165, 1.54) is 36.2 Å². The monoisotopic (exact) mass is 244 g/mol. The van der Waals surface area contributed by atoms with E-state index in [9.17, 15) is 10.1 Å². The Kier molecular flexibility index (Phi) is 2.93. The van der Waals surface area contributed by atoms with Gasteiger partial charge in [0.15, 0.2) is 5.75 Å². The average molecular weight is 244 g/mol. The molecule has 1 aromatic carbocycles. The molecule has 0 aliphatic carbocycles. The van der Waals surface area contributed by atoms with Crippen LogP contribution in [0.15, 0.2) is 30.6 Å². The molecule has 0 fully saturated rings. The normalized spacial score (nSPS) is 9.78. The molecule has 18 heavy (non-hydrogen) atoms. The Balaban J connectivity index is 2.72. The zero-order valence-electron chi connectivity index (χ0n) is 9.40. The van der Waals surface area contributed by atoms with Gasteiger partial charge in [0.1, 0.15) is 11.8 Å². The van der Waals surface area contributed by atoms with Crippen LogP contribution in [0.25, 0.3) is 5.69 Å². The van der Waals surface area contributed by atoms with Crippen molar-refractivity contribution < 1.29 is 9.66 Å². The topological polar surface area (TPSA) is 94.0 Å². The van der Waals surface area contributed by atoms with Crippen molar-refractivity contribution in [2.24, 2.45) is 0 Å². The van der Waals surface area contributed by atoms with Crippen LogP contribution in [0.2, 0.25) is 0 Å². The van der Waals surface area contributed by atoms with Gasteiger partial charge >= 0.3 is 5.69 Å². The van der Waals surface area contributed by atoms with Crippen molar-refractivity contribution in [1.82, 2.24) is 9.55 Å². The van der Waals surface area contributed by atoms with Crippen LogP contribution < -0.4 is 4.74 Å². The van der Waals surface area contributed by atoms with Crippen molar-refractivity contribution in [2.75, 3.05) is 7.11 Å². The van der Waals surface area contributed by atoms with Crippen LogP contribution >= 0.6 is 0 Å². The first-order valence-corrected chi connectivity index (χ1v) is 4.94. The smallest absolute Gasteiger partial charge is 0.334 e. The molecular weight excluding hydrogens is 236 g/mol. The zero-order valence-corrected chi connectivity index (χ0v) is 9.40. The lowest BCUT2D eigenvalue weighted by Gasteiger charge is -2.07. The van der Waals surface area contributed by atoms with Gasteiger partial charge in [-0.2, -0.15) is 5.26 Å². The molecule has 2 aromatic rings. The number of nitriles is 1. The van der Waals surface area contributed by atoms with E-state index in [0.29, 0.717) is 0 Å². The van der Waals surface area contributed by atoms with Crippen LogP contribution in [0, 0.1) is 21.4 Å². The number of ether oxygens (including phenoxy) is 1. The predicted octanol–water partition coefficient (Wildman–Crippen LogP) is 1.66. The predicted molar refractivity (Wildman–Crippen MR) is 61.5 cm³/mol. The SMILES string of the molecule is COc1cccc(-n2ccnc2C#N)c1[N+](=O)[O-].